The van der Waals surface area contributed by atoms with E-state index in [4.69, 9.17) is 11.6 Å². The fourth-order valence-electron chi connectivity index (χ4n) is 1.88. The standard InChI is InChI=1S/C10H19Cl/c1-8(11)9-4-6-10(2,3)7-5-9/h8-9H,4-7H2,1-3H3. The smallest absolute Gasteiger partial charge is 0.0336 e. The van der Waals surface area contributed by atoms with Gasteiger partial charge < -0.3 is 0 Å². The molecule has 0 aromatic rings. The Labute approximate surface area is 75.3 Å². The van der Waals surface area contributed by atoms with Gasteiger partial charge in [-0.2, -0.15) is 0 Å². The van der Waals surface area contributed by atoms with Crippen LogP contribution in [0.3, 0.4) is 0 Å². The maximum absolute atomic E-state index is 6.05. The molecular formula is C10H19Cl. The van der Waals surface area contributed by atoms with E-state index in [0.29, 0.717) is 10.8 Å². The molecule has 0 bridgehead atoms. The van der Waals surface area contributed by atoms with Gasteiger partial charge in [0.1, 0.15) is 0 Å². The molecule has 1 saturated carbocycles. The Hall–Kier alpha value is 0.290. The first kappa shape index (κ1) is 9.38. The van der Waals surface area contributed by atoms with Crippen LogP contribution in [0.2, 0.25) is 0 Å². The first-order valence-electron chi connectivity index (χ1n) is 4.65. The Balaban J connectivity index is 2.36. The van der Waals surface area contributed by atoms with Crippen molar-refractivity contribution in [2.75, 3.05) is 0 Å². The number of hydrogen-bond acceptors (Lipinski definition) is 0. The van der Waals surface area contributed by atoms with E-state index in [2.05, 4.69) is 20.8 Å². The molecule has 1 aliphatic carbocycles. The van der Waals surface area contributed by atoms with Crippen LogP contribution in [0.25, 0.3) is 0 Å². The zero-order valence-corrected chi connectivity index (χ0v) is 8.62. The summed E-state index contributed by atoms with van der Waals surface area (Å²) in [5.41, 5.74) is 0.586. The first-order chi connectivity index (χ1) is 5.01. The molecule has 1 unspecified atom stereocenters. The minimum Gasteiger partial charge on any atom is -0.123 e. The average Bonchev–Trinajstić information content (AvgIpc) is 1.86. The predicted molar refractivity (Wildman–Crippen MR) is 51.1 cm³/mol. The molecule has 0 saturated heterocycles. The Morgan fingerprint density at radius 3 is 2.09 bits per heavy atom. The van der Waals surface area contributed by atoms with E-state index in [9.17, 15) is 0 Å². The van der Waals surface area contributed by atoms with Gasteiger partial charge in [0, 0.05) is 5.38 Å². The van der Waals surface area contributed by atoms with Crippen molar-refractivity contribution in [2.24, 2.45) is 11.3 Å². The second kappa shape index (κ2) is 3.35. The minimum atomic E-state index is 0.381. The van der Waals surface area contributed by atoms with Crippen LogP contribution in [-0.4, -0.2) is 5.38 Å². The van der Waals surface area contributed by atoms with Crippen molar-refractivity contribution in [2.45, 2.75) is 51.8 Å². The molecule has 0 amide bonds. The zero-order chi connectivity index (χ0) is 8.48. The third-order valence-electron chi connectivity index (χ3n) is 3.03. The second-order valence-electron chi connectivity index (χ2n) is 4.68. The van der Waals surface area contributed by atoms with Gasteiger partial charge in [0.2, 0.25) is 0 Å². The van der Waals surface area contributed by atoms with Crippen LogP contribution in [-0.2, 0) is 0 Å². The molecule has 0 aliphatic heterocycles. The van der Waals surface area contributed by atoms with E-state index < -0.39 is 0 Å². The number of alkyl halides is 1. The highest BCUT2D eigenvalue weighted by atomic mass is 35.5. The Kier molecular flexibility index (Phi) is 2.85. The van der Waals surface area contributed by atoms with Gasteiger partial charge in [0.15, 0.2) is 0 Å². The molecule has 1 rings (SSSR count). The molecule has 0 aromatic carbocycles. The summed E-state index contributed by atoms with van der Waals surface area (Å²) >= 11 is 6.05. The molecule has 0 heterocycles. The van der Waals surface area contributed by atoms with Crippen molar-refractivity contribution in [1.82, 2.24) is 0 Å². The van der Waals surface area contributed by atoms with Crippen LogP contribution in [0.4, 0.5) is 0 Å². The Bertz CT molecular complexity index is 117. The highest BCUT2D eigenvalue weighted by Gasteiger charge is 2.28. The second-order valence-corrected chi connectivity index (χ2v) is 5.37. The third kappa shape index (κ3) is 2.66. The van der Waals surface area contributed by atoms with Gasteiger partial charge in [0.05, 0.1) is 0 Å². The molecule has 0 radical (unpaired) electrons. The highest BCUT2D eigenvalue weighted by molar-refractivity contribution is 6.20. The lowest BCUT2D eigenvalue weighted by Crippen LogP contribution is -2.25. The van der Waals surface area contributed by atoms with Crippen molar-refractivity contribution < 1.29 is 0 Å². The van der Waals surface area contributed by atoms with Crippen molar-refractivity contribution >= 4 is 11.6 Å². The van der Waals surface area contributed by atoms with Gasteiger partial charge in [-0.25, -0.2) is 0 Å². The van der Waals surface area contributed by atoms with Gasteiger partial charge in [-0.3, -0.25) is 0 Å². The normalized spacial score (nSPS) is 28.4. The van der Waals surface area contributed by atoms with E-state index in [0.717, 1.165) is 5.92 Å². The number of rotatable bonds is 1. The minimum absolute atomic E-state index is 0.381. The van der Waals surface area contributed by atoms with Crippen LogP contribution < -0.4 is 0 Å². The lowest BCUT2D eigenvalue weighted by atomic mass is 9.72. The van der Waals surface area contributed by atoms with Crippen molar-refractivity contribution in [3.63, 3.8) is 0 Å². The molecule has 11 heavy (non-hydrogen) atoms. The molecule has 1 atom stereocenters. The lowest BCUT2D eigenvalue weighted by molar-refractivity contribution is 0.190. The first-order valence-corrected chi connectivity index (χ1v) is 5.09. The van der Waals surface area contributed by atoms with Gasteiger partial charge in [-0.15, -0.1) is 11.6 Å². The summed E-state index contributed by atoms with van der Waals surface area (Å²) in [5, 5.41) is 0.381. The molecule has 66 valence electrons. The molecule has 0 nitrogen and oxygen atoms in total. The Morgan fingerprint density at radius 1 is 1.27 bits per heavy atom. The van der Waals surface area contributed by atoms with Crippen LogP contribution in [0, 0.1) is 11.3 Å². The summed E-state index contributed by atoms with van der Waals surface area (Å²) in [5.74, 6) is 0.782. The van der Waals surface area contributed by atoms with Gasteiger partial charge in [0.25, 0.3) is 0 Å². The predicted octanol–water partition coefficient (Wildman–Crippen LogP) is 3.83. The van der Waals surface area contributed by atoms with Crippen LogP contribution in [0.5, 0.6) is 0 Å². The lowest BCUT2D eigenvalue weighted by Gasteiger charge is -2.35. The van der Waals surface area contributed by atoms with Crippen molar-refractivity contribution in [3.05, 3.63) is 0 Å². The quantitative estimate of drug-likeness (QED) is 0.530. The SMILES string of the molecule is CC(Cl)C1CCC(C)(C)CC1. The van der Waals surface area contributed by atoms with E-state index in [1.165, 1.54) is 25.7 Å². The summed E-state index contributed by atoms with van der Waals surface area (Å²) in [7, 11) is 0. The zero-order valence-electron chi connectivity index (χ0n) is 7.86. The van der Waals surface area contributed by atoms with Crippen LogP contribution in [0.1, 0.15) is 46.5 Å². The fourth-order valence-corrected chi connectivity index (χ4v) is 2.13. The van der Waals surface area contributed by atoms with Gasteiger partial charge in [-0.05, 0) is 43.9 Å². The summed E-state index contributed by atoms with van der Waals surface area (Å²) < 4.78 is 0. The van der Waals surface area contributed by atoms with E-state index in [-0.39, 0.29) is 0 Å². The van der Waals surface area contributed by atoms with E-state index in [1.807, 2.05) is 0 Å². The molecule has 1 fully saturated rings. The van der Waals surface area contributed by atoms with E-state index in [1.54, 1.807) is 0 Å². The molecule has 1 aliphatic rings. The topological polar surface area (TPSA) is 0 Å². The fraction of sp³-hybridized carbons (Fsp3) is 1.00. The maximum Gasteiger partial charge on any atom is 0.0336 e. The van der Waals surface area contributed by atoms with Crippen LogP contribution >= 0.6 is 11.6 Å². The van der Waals surface area contributed by atoms with Gasteiger partial charge >= 0.3 is 0 Å². The average molecular weight is 175 g/mol. The van der Waals surface area contributed by atoms with E-state index >= 15 is 0 Å². The van der Waals surface area contributed by atoms with Gasteiger partial charge in [-0.1, -0.05) is 13.8 Å². The van der Waals surface area contributed by atoms with Crippen molar-refractivity contribution in [1.29, 1.82) is 0 Å². The largest absolute Gasteiger partial charge is 0.123 e. The summed E-state index contributed by atoms with van der Waals surface area (Å²) in [6.07, 6.45) is 5.37. The molecule has 0 spiro atoms. The molecule has 1 heteroatoms. The summed E-state index contributed by atoms with van der Waals surface area (Å²) in [6.45, 7) is 6.86. The monoisotopic (exact) mass is 174 g/mol. The number of halogens is 1. The Morgan fingerprint density at radius 2 is 1.73 bits per heavy atom. The third-order valence-corrected chi connectivity index (χ3v) is 3.39. The highest BCUT2D eigenvalue weighted by Crippen LogP contribution is 2.40. The molecule has 0 N–H and O–H groups in total. The number of hydrogen-bond donors (Lipinski definition) is 0. The maximum atomic E-state index is 6.05. The molecule has 0 aromatic heterocycles. The summed E-state index contributed by atoms with van der Waals surface area (Å²) in [6, 6.07) is 0. The molecular weight excluding hydrogens is 156 g/mol. The van der Waals surface area contributed by atoms with Crippen LogP contribution in [0.15, 0.2) is 0 Å². The van der Waals surface area contributed by atoms with Crippen molar-refractivity contribution in [3.8, 4) is 0 Å². The summed E-state index contributed by atoms with van der Waals surface area (Å²) in [4.78, 5) is 0.